The van der Waals surface area contributed by atoms with Crippen LogP contribution < -0.4 is 16.1 Å². The molecule has 0 radical (unpaired) electrons. The highest BCUT2D eigenvalue weighted by molar-refractivity contribution is 7.09. The van der Waals surface area contributed by atoms with Gasteiger partial charge in [0.1, 0.15) is 11.1 Å². The lowest BCUT2D eigenvalue weighted by molar-refractivity contribution is 0.0952. The summed E-state index contributed by atoms with van der Waals surface area (Å²) in [6.07, 6.45) is 4.45. The zero-order valence-corrected chi connectivity index (χ0v) is 17.0. The number of rotatable bonds is 8. The minimum Gasteiger partial charge on any atom is -0.355 e. The van der Waals surface area contributed by atoms with E-state index in [9.17, 15) is 14.4 Å². The number of carbonyl (C=O) groups is 2. The predicted molar refractivity (Wildman–Crippen MR) is 115 cm³/mol. The third-order valence-corrected chi connectivity index (χ3v) is 5.47. The second-order valence-electron chi connectivity index (χ2n) is 6.55. The van der Waals surface area contributed by atoms with E-state index >= 15 is 0 Å². The molecule has 0 spiro atoms. The Hall–Kier alpha value is -3.19. The quantitative estimate of drug-likeness (QED) is 0.600. The maximum Gasteiger partial charge on any atom is 0.256 e. The molecule has 150 valence electrons. The van der Waals surface area contributed by atoms with Crippen molar-refractivity contribution < 1.29 is 9.59 Å². The van der Waals surface area contributed by atoms with Gasteiger partial charge in [-0.2, -0.15) is 0 Å². The topological polar surface area (TPSA) is 80.2 Å². The Labute approximate surface area is 173 Å². The molecule has 0 fully saturated rings. The van der Waals surface area contributed by atoms with Gasteiger partial charge in [0, 0.05) is 37.4 Å². The molecule has 6 nitrogen and oxygen atoms in total. The average Bonchev–Trinajstić information content (AvgIpc) is 3.26. The van der Waals surface area contributed by atoms with Crippen LogP contribution in [0, 0.1) is 0 Å². The molecule has 0 aliphatic carbocycles. The summed E-state index contributed by atoms with van der Waals surface area (Å²) in [6.45, 7) is 0.969. The Morgan fingerprint density at radius 1 is 0.966 bits per heavy atom. The Morgan fingerprint density at radius 2 is 1.69 bits per heavy atom. The molecular weight excluding hydrogens is 386 g/mol. The minimum absolute atomic E-state index is 0.0228. The molecule has 1 aromatic carbocycles. The van der Waals surface area contributed by atoms with Gasteiger partial charge in [-0.15, -0.1) is 11.3 Å². The second-order valence-corrected chi connectivity index (χ2v) is 7.58. The summed E-state index contributed by atoms with van der Waals surface area (Å²) in [5.74, 6) is -0.970. The molecule has 0 unspecified atom stereocenters. The smallest absolute Gasteiger partial charge is 0.256 e. The normalized spacial score (nSPS) is 10.5. The number of aromatic nitrogens is 1. The summed E-state index contributed by atoms with van der Waals surface area (Å²) in [4.78, 5) is 38.6. The van der Waals surface area contributed by atoms with Crippen LogP contribution in [0.2, 0.25) is 0 Å². The molecule has 0 saturated heterocycles. The van der Waals surface area contributed by atoms with Crippen molar-refractivity contribution in [2.45, 2.75) is 19.4 Å². The van der Waals surface area contributed by atoms with Gasteiger partial charge in [-0.1, -0.05) is 36.4 Å². The van der Waals surface area contributed by atoms with Gasteiger partial charge in [0.15, 0.2) is 0 Å². The molecule has 3 aromatic rings. The van der Waals surface area contributed by atoms with Crippen LogP contribution in [0.4, 0.5) is 0 Å². The summed E-state index contributed by atoms with van der Waals surface area (Å²) in [5.41, 5.74) is 0.514. The van der Waals surface area contributed by atoms with Gasteiger partial charge in [-0.25, -0.2) is 0 Å². The highest BCUT2D eigenvalue weighted by atomic mass is 32.1. The number of carbonyl (C=O) groups excluding carboxylic acids is 2. The average molecular weight is 410 g/mol. The number of thiophene rings is 1. The number of amides is 2. The third-order valence-electron chi connectivity index (χ3n) is 4.53. The van der Waals surface area contributed by atoms with Crippen LogP contribution in [0.15, 0.2) is 65.0 Å². The summed E-state index contributed by atoms with van der Waals surface area (Å²) in [7, 11) is 1.46. The van der Waals surface area contributed by atoms with E-state index in [1.54, 1.807) is 15.9 Å². The molecule has 7 heteroatoms. The monoisotopic (exact) mass is 409 g/mol. The Kier molecular flexibility index (Phi) is 6.97. The van der Waals surface area contributed by atoms with E-state index in [-0.39, 0.29) is 11.1 Å². The van der Waals surface area contributed by atoms with E-state index in [0.29, 0.717) is 19.5 Å². The van der Waals surface area contributed by atoms with Crippen molar-refractivity contribution in [3.8, 4) is 0 Å². The minimum atomic E-state index is -0.561. The van der Waals surface area contributed by atoms with Crippen molar-refractivity contribution in [1.29, 1.82) is 0 Å². The maximum atomic E-state index is 12.7. The summed E-state index contributed by atoms with van der Waals surface area (Å²) < 4.78 is 1.73. The van der Waals surface area contributed by atoms with Crippen LogP contribution in [0.1, 0.15) is 31.2 Å². The van der Waals surface area contributed by atoms with Gasteiger partial charge >= 0.3 is 0 Å². The number of aryl methyl sites for hydroxylation is 2. The lowest BCUT2D eigenvalue weighted by atomic mass is 10.1. The Morgan fingerprint density at radius 3 is 2.34 bits per heavy atom. The van der Waals surface area contributed by atoms with Crippen molar-refractivity contribution in [3.63, 3.8) is 0 Å². The lowest BCUT2D eigenvalue weighted by Crippen LogP contribution is -2.35. The summed E-state index contributed by atoms with van der Waals surface area (Å²) >= 11 is 1.62. The SMILES string of the molecule is CNC(=O)c1cn(CCc2ccccc2)cc(C(=O)NCCc2cccs2)c1=O. The molecule has 0 aliphatic rings. The molecule has 0 atom stereocenters. The Bertz CT molecular complexity index is 1030. The molecule has 2 N–H and O–H groups in total. The van der Waals surface area contributed by atoms with E-state index in [4.69, 9.17) is 0 Å². The zero-order chi connectivity index (χ0) is 20.6. The number of benzene rings is 1. The summed E-state index contributed by atoms with van der Waals surface area (Å²) in [6, 6.07) is 13.9. The molecule has 3 rings (SSSR count). The number of pyridine rings is 1. The van der Waals surface area contributed by atoms with Crippen LogP contribution >= 0.6 is 11.3 Å². The molecule has 2 amide bonds. The fourth-order valence-corrected chi connectivity index (χ4v) is 3.68. The highest BCUT2D eigenvalue weighted by Crippen LogP contribution is 2.08. The van der Waals surface area contributed by atoms with E-state index in [1.807, 2.05) is 47.8 Å². The van der Waals surface area contributed by atoms with Gasteiger partial charge < -0.3 is 15.2 Å². The zero-order valence-electron chi connectivity index (χ0n) is 16.2. The first-order valence-corrected chi connectivity index (χ1v) is 10.3. The maximum absolute atomic E-state index is 12.7. The van der Waals surface area contributed by atoms with E-state index in [2.05, 4.69) is 10.6 Å². The first-order valence-electron chi connectivity index (χ1n) is 9.39. The first kappa shape index (κ1) is 20.5. The van der Waals surface area contributed by atoms with Crippen molar-refractivity contribution in [3.05, 3.63) is 92.0 Å². The number of hydrogen-bond acceptors (Lipinski definition) is 4. The largest absolute Gasteiger partial charge is 0.355 e. The van der Waals surface area contributed by atoms with E-state index < -0.39 is 17.2 Å². The van der Waals surface area contributed by atoms with Gasteiger partial charge in [0.2, 0.25) is 5.43 Å². The van der Waals surface area contributed by atoms with Gasteiger partial charge in [0.25, 0.3) is 11.8 Å². The van der Waals surface area contributed by atoms with Crippen LogP contribution in [-0.2, 0) is 19.4 Å². The standard InChI is InChI=1S/C22H23N3O3S/c1-23-21(27)18-14-25(12-10-16-6-3-2-4-7-16)15-19(20(18)26)22(28)24-11-9-17-8-5-13-29-17/h2-8,13-15H,9-12H2,1H3,(H,23,27)(H,24,28). The second kappa shape index (κ2) is 9.84. The molecule has 0 saturated carbocycles. The van der Waals surface area contributed by atoms with Crippen LogP contribution in [0.5, 0.6) is 0 Å². The molecule has 0 aliphatic heterocycles. The number of hydrogen-bond donors (Lipinski definition) is 2. The molecule has 0 bridgehead atoms. The number of nitrogens with zero attached hydrogens (tertiary/aromatic N) is 1. The third kappa shape index (κ3) is 5.42. The van der Waals surface area contributed by atoms with Crippen molar-refractivity contribution in [2.24, 2.45) is 0 Å². The summed E-state index contributed by atoms with van der Waals surface area (Å²) in [5, 5.41) is 7.24. The highest BCUT2D eigenvalue weighted by Gasteiger charge is 2.18. The van der Waals surface area contributed by atoms with Gasteiger partial charge in [-0.05, 0) is 29.9 Å². The molecule has 2 heterocycles. The first-order chi connectivity index (χ1) is 14.1. The van der Waals surface area contributed by atoms with E-state index in [1.165, 1.54) is 19.4 Å². The fraction of sp³-hybridized carbons (Fsp3) is 0.227. The fourth-order valence-electron chi connectivity index (χ4n) is 2.97. The molecule has 2 aromatic heterocycles. The van der Waals surface area contributed by atoms with Gasteiger partial charge in [0.05, 0.1) is 0 Å². The Balaban J connectivity index is 1.79. The lowest BCUT2D eigenvalue weighted by Gasteiger charge is -2.12. The van der Waals surface area contributed by atoms with Crippen molar-refractivity contribution >= 4 is 23.2 Å². The molecule has 29 heavy (non-hydrogen) atoms. The predicted octanol–water partition coefficient (Wildman–Crippen LogP) is 2.48. The van der Waals surface area contributed by atoms with Crippen LogP contribution in [-0.4, -0.2) is 30.0 Å². The van der Waals surface area contributed by atoms with E-state index in [0.717, 1.165) is 16.9 Å². The molecular formula is C22H23N3O3S. The van der Waals surface area contributed by atoms with Crippen molar-refractivity contribution in [1.82, 2.24) is 15.2 Å². The van der Waals surface area contributed by atoms with Crippen LogP contribution in [0.25, 0.3) is 0 Å². The number of nitrogens with one attached hydrogen (secondary N) is 2. The van der Waals surface area contributed by atoms with Crippen LogP contribution in [0.3, 0.4) is 0 Å². The van der Waals surface area contributed by atoms with Crippen molar-refractivity contribution in [2.75, 3.05) is 13.6 Å². The van der Waals surface area contributed by atoms with Gasteiger partial charge in [-0.3, -0.25) is 14.4 Å².